The first-order valence-corrected chi connectivity index (χ1v) is 7.56. The smallest absolute Gasteiger partial charge is 0.335 e. The highest BCUT2D eigenvalue weighted by Crippen LogP contribution is 2.39. The van der Waals surface area contributed by atoms with Crippen LogP contribution in [0.2, 0.25) is 0 Å². The third kappa shape index (κ3) is 2.35. The topological polar surface area (TPSA) is 66.6 Å². The maximum Gasteiger partial charge on any atom is 0.335 e. The van der Waals surface area contributed by atoms with E-state index in [1.54, 1.807) is 18.2 Å². The van der Waals surface area contributed by atoms with Crippen LogP contribution in [0.4, 0.5) is 11.4 Å². The third-order valence-electron chi connectivity index (χ3n) is 4.83. The van der Waals surface area contributed by atoms with Gasteiger partial charge < -0.3 is 15.7 Å². The maximum absolute atomic E-state index is 11.2. The molecule has 4 nitrogen and oxygen atoms in total. The number of nitrogens with two attached hydrogens (primary N) is 1. The number of carboxylic acids is 1. The van der Waals surface area contributed by atoms with Gasteiger partial charge in [-0.3, -0.25) is 0 Å². The summed E-state index contributed by atoms with van der Waals surface area (Å²) in [6.45, 7) is 0.994. The molecular formula is C16H22N2O2. The standard InChI is InChI=1S/C16H22N2O2/c17-13-8-7-12(16(19)20)10-15(13)18-9-3-5-11-4-1-2-6-14(11)18/h7-8,10-11,14H,1-6,9,17H2,(H,19,20). The van der Waals surface area contributed by atoms with Crippen molar-refractivity contribution < 1.29 is 9.90 Å². The first kappa shape index (κ1) is 13.3. The molecular weight excluding hydrogens is 252 g/mol. The molecule has 0 amide bonds. The second kappa shape index (κ2) is 5.35. The molecule has 2 fully saturated rings. The van der Waals surface area contributed by atoms with E-state index < -0.39 is 5.97 Å². The second-order valence-corrected chi connectivity index (χ2v) is 6.03. The minimum atomic E-state index is -0.886. The molecule has 0 spiro atoms. The lowest BCUT2D eigenvalue weighted by Gasteiger charge is -2.45. The van der Waals surface area contributed by atoms with Crippen LogP contribution in [0.15, 0.2) is 18.2 Å². The minimum Gasteiger partial charge on any atom is -0.478 e. The van der Waals surface area contributed by atoms with Crippen molar-refractivity contribution in [2.75, 3.05) is 17.2 Å². The van der Waals surface area contributed by atoms with Crippen LogP contribution >= 0.6 is 0 Å². The number of hydrogen-bond acceptors (Lipinski definition) is 3. The van der Waals surface area contributed by atoms with E-state index in [1.807, 2.05) is 0 Å². The van der Waals surface area contributed by atoms with Gasteiger partial charge in [0.15, 0.2) is 0 Å². The molecule has 1 heterocycles. The van der Waals surface area contributed by atoms with E-state index in [0.29, 0.717) is 17.3 Å². The average molecular weight is 274 g/mol. The van der Waals surface area contributed by atoms with Crippen molar-refractivity contribution >= 4 is 17.3 Å². The van der Waals surface area contributed by atoms with Gasteiger partial charge in [-0.2, -0.15) is 0 Å². The van der Waals surface area contributed by atoms with Crippen molar-refractivity contribution in [2.45, 2.75) is 44.6 Å². The van der Waals surface area contributed by atoms with E-state index in [-0.39, 0.29) is 0 Å². The molecule has 1 aliphatic heterocycles. The van der Waals surface area contributed by atoms with E-state index in [0.717, 1.165) is 18.2 Å². The number of nitrogen functional groups attached to an aromatic ring is 1. The summed E-state index contributed by atoms with van der Waals surface area (Å²) in [5.74, 6) is -0.131. The summed E-state index contributed by atoms with van der Waals surface area (Å²) in [5.41, 5.74) is 8.05. The zero-order valence-corrected chi connectivity index (χ0v) is 11.7. The zero-order chi connectivity index (χ0) is 14.1. The van der Waals surface area contributed by atoms with Gasteiger partial charge in [0.05, 0.1) is 16.9 Å². The van der Waals surface area contributed by atoms with Crippen LogP contribution in [0.1, 0.15) is 48.9 Å². The van der Waals surface area contributed by atoms with Crippen molar-refractivity contribution in [1.82, 2.24) is 0 Å². The predicted octanol–water partition coefficient (Wildman–Crippen LogP) is 3.13. The van der Waals surface area contributed by atoms with Crippen LogP contribution < -0.4 is 10.6 Å². The van der Waals surface area contributed by atoms with E-state index in [4.69, 9.17) is 5.73 Å². The summed E-state index contributed by atoms with van der Waals surface area (Å²) in [5, 5.41) is 9.17. The molecule has 0 bridgehead atoms. The van der Waals surface area contributed by atoms with E-state index in [2.05, 4.69) is 4.90 Å². The Labute approximate surface area is 119 Å². The summed E-state index contributed by atoms with van der Waals surface area (Å²) >= 11 is 0. The molecule has 3 N–H and O–H groups in total. The molecule has 1 saturated heterocycles. The summed E-state index contributed by atoms with van der Waals surface area (Å²) in [7, 11) is 0. The Morgan fingerprint density at radius 3 is 2.75 bits per heavy atom. The Morgan fingerprint density at radius 2 is 1.95 bits per heavy atom. The molecule has 0 aromatic heterocycles. The van der Waals surface area contributed by atoms with Gasteiger partial charge in [0.25, 0.3) is 0 Å². The lowest BCUT2D eigenvalue weighted by atomic mass is 9.78. The van der Waals surface area contributed by atoms with Gasteiger partial charge in [-0.05, 0) is 49.8 Å². The van der Waals surface area contributed by atoms with E-state index in [9.17, 15) is 9.90 Å². The molecule has 20 heavy (non-hydrogen) atoms. The lowest BCUT2D eigenvalue weighted by molar-refractivity contribution is 0.0697. The molecule has 2 aliphatic rings. The number of aromatic carboxylic acids is 1. The predicted molar refractivity (Wildman–Crippen MR) is 80.1 cm³/mol. The van der Waals surface area contributed by atoms with Crippen LogP contribution in [0, 0.1) is 5.92 Å². The lowest BCUT2D eigenvalue weighted by Crippen LogP contribution is -2.47. The summed E-state index contributed by atoms with van der Waals surface area (Å²) in [4.78, 5) is 13.5. The summed E-state index contributed by atoms with van der Waals surface area (Å²) < 4.78 is 0. The summed E-state index contributed by atoms with van der Waals surface area (Å²) in [6.07, 6.45) is 7.61. The second-order valence-electron chi connectivity index (χ2n) is 6.03. The van der Waals surface area contributed by atoms with Crippen molar-refractivity contribution in [3.05, 3.63) is 23.8 Å². The Balaban J connectivity index is 1.94. The fourth-order valence-electron chi connectivity index (χ4n) is 3.85. The number of hydrogen-bond donors (Lipinski definition) is 2. The molecule has 4 heteroatoms. The molecule has 0 radical (unpaired) electrons. The monoisotopic (exact) mass is 274 g/mol. The van der Waals surface area contributed by atoms with E-state index >= 15 is 0 Å². The summed E-state index contributed by atoms with van der Waals surface area (Å²) in [6, 6.07) is 5.60. The molecule has 1 aliphatic carbocycles. The molecule has 1 saturated carbocycles. The highest BCUT2D eigenvalue weighted by atomic mass is 16.4. The van der Waals surface area contributed by atoms with Gasteiger partial charge in [-0.25, -0.2) is 4.79 Å². The SMILES string of the molecule is Nc1ccc(C(=O)O)cc1N1CCCC2CCCCC21. The molecule has 108 valence electrons. The Hall–Kier alpha value is -1.71. The number of fused-ring (bicyclic) bond motifs is 1. The number of rotatable bonds is 2. The normalized spacial score (nSPS) is 26.1. The van der Waals surface area contributed by atoms with Gasteiger partial charge in [0.1, 0.15) is 0 Å². The fourth-order valence-corrected chi connectivity index (χ4v) is 3.85. The highest BCUT2D eigenvalue weighted by molar-refractivity contribution is 5.90. The Bertz CT molecular complexity index is 513. The molecule has 2 unspecified atom stereocenters. The third-order valence-corrected chi connectivity index (χ3v) is 4.83. The average Bonchev–Trinajstić information content (AvgIpc) is 2.47. The van der Waals surface area contributed by atoms with Crippen LogP contribution in [-0.4, -0.2) is 23.7 Å². The minimum absolute atomic E-state index is 0.326. The molecule has 3 rings (SSSR count). The Kier molecular flexibility index (Phi) is 3.55. The van der Waals surface area contributed by atoms with Gasteiger partial charge in [0.2, 0.25) is 0 Å². The van der Waals surface area contributed by atoms with Crippen molar-refractivity contribution in [3.8, 4) is 0 Å². The van der Waals surface area contributed by atoms with E-state index in [1.165, 1.54) is 38.5 Å². The van der Waals surface area contributed by atoms with Crippen molar-refractivity contribution in [3.63, 3.8) is 0 Å². The quantitative estimate of drug-likeness (QED) is 0.813. The Morgan fingerprint density at radius 1 is 1.20 bits per heavy atom. The molecule has 1 aromatic carbocycles. The molecule has 1 aromatic rings. The number of carboxylic acid groups (broad SMARTS) is 1. The molecule has 2 atom stereocenters. The maximum atomic E-state index is 11.2. The van der Waals surface area contributed by atoms with Gasteiger partial charge in [-0.15, -0.1) is 0 Å². The fraction of sp³-hybridized carbons (Fsp3) is 0.562. The number of piperidine rings is 1. The van der Waals surface area contributed by atoms with Crippen LogP contribution in [0.5, 0.6) is 0 Å². The zero-order valence-electron chi connectivity index (χ0n) is 11.7. The van der Waals surface area contributed by atoms with Crippen molar-refractivity contribution in [2.24, 2.45) is 5.92 Å². The van der Waals surface area contributed by atoms with Crippen LogP contribution in [0.25, 0.3) is 0 Å². The number of carbonyl (C=O) groups is 1. The van der Waals surface area contributed by atoms with Gasteiger partial charge >= 0.3 is 5.97 Å². The first-order valence-electron chi connectivity index (χ1n) is 7.56. The number of benzene rings is 1. The van der Waals surface area contributed by atoms with Crippen molar-refractivity contribution in [1.29, 1.82) is 0 Å². The van der Waals surface area contributed by atoms with Gasteiger partial charge in [0, 0.05) is 12.6 Å². The van der Waals surface area contributed by atoms with Gasteiger partial charge in [-0.1, -0.05) is 12.8 Å². The first-order chi connectivity index (χ1) is 9.66. The number of nitrogens with zero attached hydrogens (tertiary/aromatic N) is 1. The van der Waals surface area contributed by atoms with Crippen LogP contribution in [0.3, 0.4) is 0 Å². The highest BCUT2D eigenvalue weighted by Gasteiger charge is 2.34. The number of anilines is 2. The largest absolute Gasteiger partial charge is 0.478 e. The van der Waals surface area contributed by atoms with Crippen LogP contribution in [-0.2, 0) is 0 Å².